The maximum absolute atomic E-state index is 12.2. The largest absolute Gasteiger partial charge is 0.462 e. The van der Waals surface area contributed by atoms with Crippen molar-refractivity contribution < 1.29 is 14.3 Å². The molecule has 0 heterocycles. The Morgan fingerprint density at radius 2 is 1.80 bits per heavy atom. The van der Waals surface area contributed by atoms with Gasteiger partial charge in [-0.1, -0.05) is 29.8 Å². The highest BCUT2D eigenvalue weighted by Gasteiger charge is 2.61. The number of hydrogen-bond acceptors (Lipinski definition) is 3. The second kappa shape index (κ2) is 6.07. The Kier molecular flexibility index (Phi) is 4.37. The summed E-state index contributed by atoms with van der Waals surface area (Å²) in [7, 11) is 0. The van der Waals surface area contributed by atoms with Crippen LogP contribution in [0.3, 0.4) is 0 Å². The molecular formula is C21H31BrO3. The normalized spacial score (nSPS) is 52.1. The summed E-state index contributed by atoms with van der Waals surface area (Å²) in [6, 6.07) is 0. The van der Waals surface area contributed by atoms with Gasteiger partial charge >= 0.3 is 5.97 Å². The first-order chi connectivity index (χ1) is 11.8. The monoisotopic (exact) mass is 410 g/mol. The van der Waals surface area contributed by atoms with Gasteiger partial charge in [-0.25, -0.2) is 0 Å². The molecule has 3 unspecified atom stereocenters. The topological polar surface area (TPSA) is 43.4 Å². The second-order valence-corrected chi connectivity index (χ2v) is 10.8. The number of esters is 1. The van der Waals surface area contributed by atoms with Gasteiger partial charge in [-0.05, 0) is 74.0 Å². The van der Waals surface area contributed by atoms with Crippen molar-refractivity contribution in [2.45, 2.75) is 83.1 Å². The van der Waals surface area contributed by atoms with E-state index in [1.807, 2.05) is 0 Å². The zero-order valence-corrected chi connectivity index (χ0v) is 17.3. The minimum absolute atomic E-state index is 0.0539. The molecule has 4 fully saturated rings. The summed E-state index contributed by atoms with van der Waals surface area (Å²) < 4.78 is 5.74. The molecule has 8 atom stereocenters. The number of carbonyl (C=O) groups excluding carboxylic acids is 2. The van der Waals surface area contributed by atoms with E-state index in [1.54, 1.807) is 6.92 Å². The van der Waals surface area contributed by atoms with Crippen molar-refractivity contribution in [1.82, 2.24) is 0 Å². The van der Waals surface area contributed by atoms with Crippen LogP contribution in [-0.2, 0) is 14.3 Å². The molecule has 0 bridgehead atoms. The third-order valence-corrected chi connectivity index (χ3v) is 9.54. The number of ether oxygens (including phenoxy) is 1. The van der Waals surface area contributed by atoms with Crippen molar-refractivity contribution in [1.29, 1.82) is 0 Å². The van der Waals surface area contributed by atoms with Crippen LogP contribution in [0, 0.1) is 34.5 Å². The van der Waals surface area contributed by atoms with Gasteiger partial charge in [0.2, 0.25) is 0 Å². The van der Waals surface area contributed by atoms with Crippen molar-refractivity contribution in [3.8, 4) is 0 Å². The minimum atomic E-state index is -0.127. The smallest absolute Gasteiger partial charge is 0.302 e. The fourth-order valence-corrected chi connectivity index (χ4v) is 8.29. The fourth-order valence-electron chi connectivity index (χ4n) is 7.40. The van der Waals surface area contributed by atoms with Crippen LogP contribution < -0.4 is 0 Å². The SMILES string of the molecule is CC(=O)OC1CC[C@H]2[C@@H]3CCC4CC(=O)C(Br)C[C@]4(C)[C@@H]3CC[C@]12C. The molecule has 0 aromatic heterocycles. The van der Waals surface area contributed by atoms with Crippen LogP contribution in [0.4, 0.5) is 0 Å². The van der Waals surface area contributed by atoms with Crippen LogP contribution >= 0.6 is 15.9 Å². The van der Waals surface area contributed by atoms with E-state index >= 15 is 0 Å². The Labute approximate surface area is 159 Å². The highest BCUT2D eigenvalue weighted by Crippen LogP contribution is 2.66. The van der Waals surface area contributed by atoms with E-state index in [1.165, 1.54) is 32.1 Å². The third-order valence-electron chi connectivity index (χ3n) is 8.70. The lowest BCUT2D eigenvalue weighted by Gasteiger charge is -2.60. The molecule has 0 amide bonds. The molecular weight excluding hydrogens is 380 g/mol. The van der Waals surface area contributed by atoms with Gasteiger partial charge in [-0.3, -0.25) is 9.59 Å². The van der Waals surface area contributed by atoms with Crippen molar-refractivity contribution in [2.24, 2.45) is 34.5 Å². The molecule has 0 aromatic rings. The molecule has 25 heavy (non-hydrogen) atoms. The predicted molar refractivity (Wildman–Crippen MR) is 100 cm³/mol. The first-order valence-corrected chi connectivity index (χ1v) is 11.0. The first-order valence-electron chi connectivity index (χ1n) is 10.1. The molecule has 0 spiro atoms. The Hall–Kier alpha value is -0.380. The number of rotatable bonds is 1. The Morgan fingerprint density at radius 1 is 1.08 bits per heavy atom. The number of hydrogen-bond donors (Lipinski definition) is 0. The van der Waals surface area contributed by atoms with Gasteiger partial charge in [0.15, 0.2) is 0 Å². The lowest BCUT2D eigenvalue weighted by molar-refractivity contribution is -0.161. The summed E-state index contributed by atoms with van der Waals surface area (Å²) in [5, 5.41) is 0. The van der Waals surface area contributed by atoms with Crippen molar-refractivity contribution in [3.05, 3.63) is 0 Å². The molecule has 0 N–H and O–H groups in total. The summed E-state index contributed by atoms with van der Waals surface area (Å²) in [6.45, 7) is 6.39. The van der Waals surface area contributed by atoms with Gasteiger partial charge in [0.05, 0.1) is 4.83 Å². The molecule has 0 radical (unpaired) electrons. The van der Waals surface area contributed by atoms with Crippen molar-refractivity contribution >= 4 is 27.7 Å². The van der Waals surface area contributed by atoms with Crippen LogP contribution in [0.25, 0.3) is 0 Å². The molecule has 0 aliphatic heterocycles. The number of ketones is 1. The quantitative estimate of drug-likeness (QED) is 0.455. The van der Waals surface area contributed by atoms with Crippen LogP contribution in [0.5, 0.6) is 0 Å². The molecule has 140 valence electrons. The molecule has 3 nitrogen and oxygen atoms in total. The molecule has 4 aliphatic rings. The van der Waals surface area contributed by atoms with E-state index in [4.69, 9.17) is 4.74 Å². The Bertz CT molecular complexity index is 590. The number of alkyl halides is 1. The van der Waals surface area contributed by atoms with E-state index in [2.05, 4.69) is 29.8 Å². The van der Waals surface area contributed by atoms with E-state index in [-0.39, 0.29) is 22.3 Å². The van der Waals surface area contributed by atoms with Crippen LogP contribution in [-0.4, -0.2) is 22.7 Å². The average Bonchev–Trinajstić information content (AvgIpc) is 2.85. The maximum atomic E-state index is 12.2. The van der Waals surface area contributed by atoms with Gasteiger partial charge in [0.25, 0.3) is 0 Å². The van der Waals surface area contributed by atoms with E-state index < -0.39 is 0 Å². The third kappa shape index (κ3) is 2.64. The van der Waals surface area contributed by atoms with E-state index in [0.29, 0.717) is 23.0 Å². The molecule has 4 aliphatic carbocycles. The van der Waals surface area contributed by atoms with Crippen molar-refractivity contribution in [2.75, 3.05) is 0 Å². The Morgan fingerprint density at radius 3 is 2.52 bits per heavy atom. The zero-order valence-electron chi connectivity index (χ0n) is 15.7. The number of Topliss-reactive ketones (excluding diaryl/α,β-unsaturated/α-hetero) is 1. The lowest BCUT2D eigenvalue weighted by atomic mass is 9.45. The van der Waals surface area contributed by atoms with Crippen molar-refractivity contribution in [3.63, 3.8) is 0 Å². The predicted octanol–water partition coefficient (Wildman–Crippen LogP) is 4.90. The number of fused-ring (bicyclic) bond motifs is 5. The molecule has 0 aromatic carbocycles. The van der Waals surface area contributed by atoms with Gasteiger partial charge in [-0.2, -0.15) is 0 Å². The zero-order chi connectivity index (χ0) is 18.0. The number of carbonyl (C=O) groups is 2. The lowest BCUT2D eigenvalue weighted by Crippen LogP contribution is -2.55. The number of halogens is 1. The summed E-state index contributed by atoms with van der Waals surface area (Å²) >= 11 is 3.66. The molecule has 4 rings (SSSR count). The van der Waals surface area contributed by atoms with E-state index in [0.717, 1.165) is 31.1 Å². The first kappa shape index (κ1) is 18.0. The highest BCUT2D eigenvalue weighted by atomic mass is 79.9. The van der Waals surface area contributed by atoms with Gasteiger partial charge in [-0.15, -0.1) is 0 Å². The minimum Gasteiger partial charge on any atom is -0.462 e. The maximum Gasteiger partial charge on any atom is 0.302 e. The van der Waals surface area contributed by atoms with Gasteiger partial charge < -0.3 is 4.74 Å². The summed E-state index contributed by atoms with van der Waals surface area (Å²) in [6.07, 6.45) is 8.99. The van der Waals surface area contributed by atoms with Crippen LogP contribution in [0.1, 0.15) is 72.1 Å². The van der Waals surface area contributed by atoms with E-state index in [9.17, 15) is 9.59 Å². The second-order valence-electron chi connectivity index (χ2n) is 9.72. The van der Waals surface area contributed by atoms with Crippen LogP contribution in [0.15, 0.2) is 0 Å². The summed E-state index contributed by atoms with van der Waals surface area (Å²) in [5.74, 6) is 3.02. The summed E-state index contributed by atoms with van der Waals surface area (Å²) in [5.41, 5.74) is 0.458. The van der Waals surface area contributed by atoms with Gasteiger partial charge in [0, 0.05) is 18.8 Å². The molecule has 4 saturated carbocycles. The molecule has 0 saturated heterocycles. The van der Waals surface area contributed by atoms with Gasteiger partial charge in [0.1, 0.15) is 11.9 Å². The van der Waals surface area contributed by atoms with Crippen LogP contribution in [0.2, 0.25) is 0 Å². The fraction of sp³-hybridized carbons (Fsp3) is 0.905. The standard InChI is InChI=1S/C21H31BrO3/c1-12(23)25-19-7-6-15-14-5-4-13-10-18(24)17(22)11-21(13,3)16(14)8-9-20(15,19)2/h13-17,19H,4-11H2,1-3H3/t13?,14-,15-,16+,17?,19?,20-,21-/m0/s1. The highest BCUT2D eigenvalue weighted by molar-refractivity contribution is 9.10. The Balaban J connectivity index is 1.59. The average molecular weight is 411 g/mol. The molecule has 4 heteroatoms. The summed E-state index contributed by atoms with van der Waals surface area (Å²) in [4.78, 5) is 23.8.